The van der Waals surface area contributed by atoms with E-state index in [1.807, 2.05) is 0 Å². The number of hydroxylamine groups is 1. The van der Waals surface area contributed by atoms with Gasteiger partial charge in [-0.05, 0) is 12.8 Å². The first-order chi connectivity index (χ1) is 9.45. The van der Waals surface area contributed by atoms with E-state index in [-0.39, 0.29) is 12.1 Å². The zero-order chi connectivity index (χ0) is 15.3. The molecule has 0 aromatic rings. The summed E-state index contributed by atoms with van der Waals surface area (Å²) < 4.78 is 10.6. The van der Waals surface area contributed by atoms with Crippen molar-refractivity contribution >= 4 is 13.5 Å². The molecule has 0 aromatic carbocycles. The number of unbranched alkanes of at least 4 members (excludes halogenated alkanes) is 9. The fraction of sp³-hybridized carbons (Fsp3) is 0.923. The average Bonchev–Trinajstić information content (AvgIpc) is 2.38. The van der Waals surface area contributed by atoms with E-state index in [1.165, 1.54) is 6.42 Å². The third kappa shape index (κ3) is 15.6. The van der Waals surface area contributed by atoms with Crippen molar-refractivity contribution in [3.8, 4) is 0 Å². The van der Waals surface area contributed by atoms with Gasteiger partial charge in [0.15, 0.2) is 0 Å². The first kappa shape index (κ1) is 19.6. The molecule has 0 atom stereocenters. The molecular formula is C13H28NO5P. The van der Waals surface area contributed by atoms with Crippen LogP contribution in [0.3, 0.4) is 0 Å². The first-order valence-corrected chi connectivity index (χ1v) is 9.23. The predicted octanol–water partition coefficient (Wildman–Crippen LogP) is 2.96. The molecule has 0 unspecified atom stereocenters. The fourth-order valence-corrected chi connectivity index (χ4v) is 2.71. The van der Waals surface area contributed by atoms with Crippen LogP contribution in [-0.2, 0) is 9.36 Å². The molecule has 4 N–H and O–H groups in total. The minimum Gasteiger partial charge on any atom is -0.324 e. The lowest BCUT2D eigenvalue weighted by atomic mass is 10.1. The summed E-state index contributed by atoms with van der Waals surface area (Å²) in [5, 5.41) is 8.30. The Kier molecular flexibility index (Phi) is 12.1. The molecule has 0 aliphatic carbocycles. The molecule has 6 nitrogen and oxygen atoms in total. The predicted molar refractivity (Wildman–Crippen MR) is 77.6 cm³/mol. The number of hydrogen-bond donors (Lipinski definition) is 4. The zero-order valence-electron chi connectivity index (χ0n) is 12.1. The molecule has 0 saturated heterocycles. The van der Waals surface area contributed by atoms with E-state index >= 15 is 0 Å². The van der Waals surface area contributed by atoms with Gasteiger partial charge in [0.2, 0.25) is 5.91 Å². The van der Waals surface area contributed by atoms with E-state index in [0.29, 0.717) is 12.8 Å². The van der Waals surface area contributed by atoms with Crippen LogP contribution in [0.1, 0.15) is 70.6 Å². The van der Waals surface area contributed by atoms with E-state index in [4.69, 9.17) is 15.0 Å². The monoisotopic (exact) mass is 309 g/mol. The lowest BCUT2D eigenvalue weighted by molar-refractivity contribution is -0.129. The summed E-state index contributed by atoms with van der Waals surface area (Å²) in [5.74, 6) is -0.319. The van der Waals surface area contributed by atoms with Crippen molar-refractivity contribution in [3.05, 3.63) is 0 Å². The van der Waals surface area contributed by atoms with Crippen molar-refractivity contribution < 1.29 is 24.4 Å². The highest BCUT2D eigenvalue weighted by Crippen LogP contribution is 2.35. The van der Waals surface area contributed by atoms with E-state index < -0.39 is 7.60 Å². The van der Waals surface area contributed by atoms with Gasteiger partial charge in [0, 0.05) is 12.6 Å². The van der Waals surface area contributed by atoms with Crippen LogP contribution in [0.15, 0.2) is 0 Å². The van der Waals surface area contributed by atoms with Gasteiger partial charge >= 0.3 is 7.60 Å². The zero-order valence-corrected chi connectivity index (χ0v) is 13.0. The van der Waals surface area contributed by atoms with Crippen LogP contribution < -0.4 is 5.48 Å². The van der Waals surface area contributed by atoms with Crippen molar-refractivity contribution in [1.82, 2.24) is 5.48 Å². The second kappa shape index (κ2) is 12.3. The summed E-state index contributed by atoms with van der Waals surface area (Å²) in [7, 11) is -3.80. The molecule has 0 rings (SSSR count). The maximum absolute atomic E-state index is 10.7. The second-order valence-corrected chi connectivity index (χ2v) is 6.99. The quantitative estimate of drug-likeness (QED) is 0.181. The Hall–Kier alpha value is -0.420. The van der Waals surface area contributed by atoms with E-state index in [2.05, 4.69) is 0 Å². The maximum Gasteiger partial charge on any atom is 0.325 e. The van der Waals surface area contributed by atoms with Gasteiger partial charge in [0.25, 0.3) is 0 Å². The van der Waals surface area contributed by atoms with Gasteiger partial charge < -0.3 is 9.79 Å². The Balaban J connectivity index is 3.10. The molecule has 7 heteroatoms. The van der Waals surface area contributed by atoms with Crippen molar-refractivity contribution in [1.29, 1.82) is 0 Å². The maximum atomic E-state index is 10.7. The average molecular weight is 309 g/mol. The van der Waals surface area contributed by atoms with Crippen LogP contribution in [0.2, 0.25) is 0 Å². The smallest absolute Gasteiger partial charge is 0.324 e. The molecule has 0 aliphatic rings. The molecule has 120 valence electrons. The molecule has 0 aromatic heterocycles. The van der Waals surface area contributed by atoms with Crippen LogP contribution in [-0.4, -0.2) is 27.1 Å². The first-order valence-electron chi connectivity index (χ1n) is 7.43. The third-order valence-electron chi connectivity index (χ3n) is 3.23. The van der Waals surface area contributed by atoms with Gasteiger partial charge in [-0.1, -0.05) is 51.4 Å². The molecular weight excluding hydrogens is 281 g/mol. The molecule has 0 heterocycles. The van der Waals surface area contributed by atoms with Crippen LogP contribution in [0, 0.1) is 0 Å². The molecule has 0 saturated carbocycles. The topological polar surface area (TPSA) is 107 Å². The highest BCUT2D eigenvalue weighted by molar-refractivity contribution is 7.51. The third-order valence-corrected chi connectivity index (χ3v) is 4.13. The van der Waals surface area contributed by atoms with Crippen LogP contribution >= 0.6 is 7.60 Å². The Morgan fingerprint density at radius 2 is 1.20 bits per heavy atom. The molecule has 0 radical (unpaired) electrons. The van der Waals surface area contributed by atoms with Gasteiger partial charge in [-0.3, -0.25) is 14.6 Å². The number of carbonyl (C=O) groups excluding carboxylic acids is 1. The lowest BCUT2D eigenvalue weighted by Gasteiger charge is -2.04. The van der Waals surface area contributed by atoms with Gasteiger partial charge in [-0.15, -0.1) is 0 Å². The normalized spacial score (nSPS) is 11.6. The van der Waals surface area contributed by atoms with E-state index in [1.54, 1.807) is 5.48 Å². The second-order valence-electron chi connectivity index (χ2n) is 5.21. The molecule has 0 fully saturated rings. The highest BCUT2D eigenvalue weighted by Gasteiger charge is 2.10. The molecule has 0 bridgehead atoms. The number of rotatable bonds is 13. The summed E-state index contributed by atoms with van der Waals surface area (Å²) in [6.07, 6.45) is 10.5. The van der Waals surface area contributed by atoms with E-state index in [0.717, 1.165) is 51.4 Å². The van der Waals surface area contributed by atoms with E-state index in [9.17, 15) is 9.36 Å². The number of amides is 1. The Bertz CT molecular complexity index is 292. The summed E-state index contributed by atoms with van der Waals surface area (Å²) >= 11 is 0. The van der Waals surface area contributed by atoms with Crippen molar-refractivity contribution in [2.45, 2.75) is 70.6 Å². The van der Waals surface area contributed by atoms with Crippen LogP contribution in [0.5, 0.6) is 0 Å². The van der Waals surface area contributed by atoms with Crippen molar-refractivity contribution in [2.75, 3.05) is 6.16 Å². The van der Waals surface area contributed by atoms with Gasteiger partial charge in [0.05, 0.1) is 0 Å². The summed E-state index contributed by atoms with van der Waals surface area (Å²) in [4.78, 5) is 28.1. The molecule has 0 spiro atoms. The number of carbonyl (C=O) groups is 1. The lowest BCUT2D eigenvalue weighted by Crippen LogP contribution is -2.17. The summed E-state index contributed by atoms with van der Waals surface area (Å²) in [5.41, 5.74) is 1.62. The minimum atomic E-state index is -3.80. The summed E-state index contributed by atoms with van der Waals surface area (Å²) in [6.45, 7) is 0. The minimum absolute atomic E-state index is 0.00835. The number of hydrogen-bond acceptors (Lipinski definition) is 3. The van der Waals surface area contributed by atoms with Gasteiger partial charge in [-0.25, -0.2) is 5.48 Å². The standard InChI is InChI=1S/C13H28NO5P/c15-13(14-16)11-9-7-5-3-1-2-4-6-8-10-12-20(17,18)19/h16H,1-12H2,(H,14,15)(H2,17,18,19). The Morgan fingerprint density at radius 1 is 0.800 bits per heavy atom. The molecule has 0 aliphatic heterocycles. The Morgan fingerprint density at radius 3 is 1.60 bits per heavy atom. The highest BCUT2D eigenvalue weighted by atomic mass is 31.2. The van der Waals surface area contributed by atoms with Crippen LogP contribution in [0.4, 0.5) is 0 Å². The van der Waals surface area contributed by atoms with Crippen molar-refractivity contribution in [2.24, 2.45) is 0 Å². The SMILES string of the molecule is O=C(CCCCCCCCCCCCP(=O)(O)O)NO. The Labute approximate surface area is 121 Å². The fourth-order valence-electron chi connectivity index (χ4n) is 2.07. The van der Waals surface area contributed by atoms with Crippen LogP contribution in [0.25, 0.3) is 0 Å². The van der Waals surface area contributed by atoms with Gasteiger partial charge in [0.1, 0.15) is 0 Å². The molecule has 1 amide bonds. The van der Waals surface area contributed by atoms with Gasteiger partial charge in [-0.2, -0.15) is 0 Å². The molecule has 20 heavy (non-hydrogen) atoms. The largest absolute Gasteiger partial charge is 0.325 e. The van der Waals surface area contributed by atoms with Crippen molar-refractivity contribution in [3.63, 3.8) is 0 Å². The number of nitrogens with one attached hydrogen (secondary N) is 1. The summed E-state index contributed by atoms with van der Waals surface area (Å²) in [6, 6.07) is 0.